The Morgan fingerprint density at radius 2 is 1.95 bits per heavy atom. The van der Waals surface area contributed by atoms with Crippen LogP contribution in [-0.4, -0.2) is 78.8 Å². The monoisotopic (exact) mass is 324 g/mol. The Bertz CT molecular complexity index is 461. The average molecular weight is 324 g/mol. The number of carboxylic acids is 1. The number of aromatic carboxylic acids is 1. The quantitative estimate of drug-likeness (QED) is 0.786. The molecule has 0 saturated carbocycles. The molecule has 122 valence electrons. The van der Waals surface area contributed by atoms with Gasteiger partial charge in [0.2, 0.25) is 0 Å². The molecule has 0 radical (unpaired) electrons. The second kappa shape index (κ2) is 9.02. The summed E-state index contributed by atoms with van der Waals surface area (Å²) in [5, 5.41) is 8.84. The maximum absolute atomic E-state index is 10.8. The lowest BCUT2D eigenvalue weighted by molar-refractivity contribution is 0.0697. The van der Waals surface area contributed by atoms with Gasteiger partial charge in [0.25, 0.3) is 0 Å². The van der Waals surface area contributed by atoms with Gasteiger partial charge >= 0.3 is 5.97 Å². The number of benzene rings is 1. The number of hydrogen-bond donors (Lipinski definition) is 1. The zero-order valence-corrected chi connectivity index (χ0v) is 13.8. The first-order valence-corrected chi connectivity index (χ1v) is 8.75. The van der Waals surface area contributed by atoms with Crippen LogP contribution < -0.4 is 4.74 Å². The summed E-state index contributed by atoms with van der Waals surface area (Å²) in [5.74, 6) is 2.30. The van der Waals surface area contributed by atoms with Crippen LogP contribution in [0.5, 0.6) is 5.75 Å². The summed E-state index contributed by atoms with van der Waals surface area (Å²) in [6, 6.07) is 6.54. The van der Waals surface area contributed by atoms with E-state index in [4.69, 9.17) is 9.84 Å². The minimum absolute atomic E-state index is 0.282. The van der Waals surface area contributed by atoms with Gasteiger partial charge in [0, 0.05) is 44.2 Å². The van der Waals surface area contributed by atoms with E-state index in [1.54, 1.807) is 24.3 Å². The molecule has 0 amide bonds. The molecule has 1 aromatic carbocycles. The molecule has 0 unspecified atom stereocenters. The number of ether oxygens (including phenoxy) is 1. The number of hydrogen-bond acceptors (Lipinski definition) is 5. The molecule has 1 fully saturated rings. The zero-order valence-electron chi connectivity index (χ0n) is 13.0. The molecular formula is C16H24N2O3S. The third-order valence-corrected chi connectivity index (χ3v) is 4.69. The molecule has 1 N–H and O–H groups in total. The Labute approximate surface area is 136 Å². The molecule has 22 heavy (non-hydrogen) atoms. The van der Waals surface area contributed by atoms with Crippen LogP contribution in [0.1, 0.15) is 10.4 Å². The van der Waals surface area contributed by atoms with Gasteiger partial charge in [-0.25, -0.2) is 4.79 Å². The van der Waals surface area contributed by atoms with Gasteiger partial charge in [-0.15, -0.1) is 0 Å². The van der Waals surface area contributed by atoms with Crippen molar-refractivity contribution in [2.75, 3.05) is 57.9 Å². The highest BCUT2D eigenvalue weighted by atomic mass is 32.2. The van der Waals surface area contributed by atoms with E-state index in [-0.39, 0.29) is 5.56 Å². The summed E-state index contributed by atoms with van der Waals surface area (Å²) < 4.78 is 5.65. The van der Waals surface area contributed by atoms with Crippen LogP contribution in [0.4, 0.5) is 0 Å². The Hall–Kier alpha value is -1.24. The van der Waals surface area contributed by atoms with Crippen LogP contribution in [0.15, 0.2) is 24.3 Å². The normalized spacial score (nSPS) is 15.9. The molecule has 1 aromatic rings. The van der Waals surface area contributed by atoms with E-state index in [2.05, 4.69) is 16.8 Å². The molecule has 0 bridgehead atoms. The molecular weight excluding hydrogens is 300 g/mol. The van der Waals surface area contributed by atoms with E-state index in [1.807, 2.05) is 11.8 Å². The van der Waals surface area contributed by atoms with Crippen molar-refractivity contribution in [2.24, 2.45) is 0 Å². The highest BCUT2D eigenvalue weighted by Gasteiger charge is 2.10. The van der Waals surface area contributed by atoms with E-state index < -0.39 is 5.97 Å². The first kappa shape index (κ1) is 17.1. The second-order valence-electron chi connectivity index (χ2n) is 5.44. The summed E-state index contributed by atoms with van der Waals surface area (Å²) in [6.45, 7) is 6.04. The number of nitrogens with zero attached hydrogens (tertiary/aromatic N) is 2. The molecule has 0 atom stereocenters. The van der Waals surface area contributed by atoms with Crippen LogP contribution in [0.3, 0.4) is 0 Å². The summed E-state index contributed by atoms with van der Waals surface area (Å²) in [5.41, 5.74) is 0.282. The predicted octanol–water partition coefficient (Wildman–Crippen LogP) is 1.74. The number of carbonyl (C=O) groups is 1. The van der Waals surface area contributed by atoms with Crippen molar-refractivity contribution in [1.82, 2.24) is 9.80 Å². The third-order valence-electron chi connectivity index (χ3n) is 3.74. The van der Waals surface area contributed by atoms with Gasteiger partial charge in [0.05, 0.1) is 5.56 Å². The van der Waals surface area contributed by atoms with Gasteiger partial charge in [-0.2, -0.15) is 11.8 Å². The first-order chi connectivity index (χ1) is 10.6. The van der Waals surface area contributed by atoms with Crippen molar-refractivity contribution in [2.45, 2.75) is 0 Å². The first-order valence-electron chi connectivity index (χ1n) is 7.60. The summed E-state index contributed by atoms with van der Waals surface area (Å²) in [6.07, 6.45) is 0. The summed E-state index contributed by atoms with van der Waals surface area (Å²) in [7, 11) is 2.11. The topological polar surface area (TPSA) is 53.0 Å². The van der Waals surface area contributed by atoms with Gasteiger partial charge in [0.15, 0.2) is 0 Å². The lowest BCUT2D eigenvalue weighted by Crippen LogP contribution is -2.39. The molecule has 2 rings (SSSR count). The molecule has 1 saturated heterocycles. The summed E-state index contributed by atoms with van der Waals surface area (Å²) >= 11 is 2.04. The number of thioether (sulfide) groups is 1. The van der Waals surface area contributed by atoms with Gasteiger partial charge in [-0.1, -0.05) is 0 Å². The van der Waals surface area contributed by atoms with E-state index in [0.29, 0.717) is 12.4 Å². The smallest absolute Gasteiger partial charge is 0.335 e. The second-order valence-corrected chi connectivity index (χ2v) is 6.66. The summed E-state index contributed by atoms with van der Waals surface area (Å²) in [4.78, 5) is 15.5. The molecule has 1 aliphatic heterocycles. The van der Waals surface area contributed by atoms with Gasteiger partial charge in [-0.05, 0) is 31.3 Å². The minimum Gasteiger partial charge on any atom is -0.492 e. The lowest BCUT2D eigenvalue weighted by Gasteiger charge is -2.28. The fourth-order valence-corrected chi connectivity index (χ4v) is 3.24. The molecule has 6 heteroatoms. The fourth-order valence-electron chi connectivity index (χ4n) is 2.26. The standard InChI is InChI=1S/C16H24N2O3S/c1-17(6-7-18-9-12-22-13-10-18)8-11-21-15-4-2-14(3-5-15)16(19)20/h2-5H,6-13H2,1H3,(H,19,20). The highest BCUT2D eigenvalue weighted by molar-refractivity contribution is 7.99. The maximum atomic E-state index is 10.8. The van der Waals surface area contributed by atoms with Crippen molar-refractivity contribution in [1.29, 1.82) is 0 Å². The van der Waals surface area contributed by atoms with Gasteiger partial charge in [0.1, 0.15) is 12.4 Å². The lowest BCUT2D eigenvalue weighted by atomic mass is 10.2. The number of likely N-dealkylation sites (N-methyl/N-ethyl adjacent to an activating group) is 1. The molecule has 0 aliphatic carbocycles. The molecule has 1 heterocycles. The van der Waals surface area contributed by atoms with Crippen LogP contribution in [0.25, 0.3) is 0 Å². The molecule has 5 nitrogen and oxygen atoms in total. The largest absolute Gasteiger partial charge is 0.492 e. The van der Waals surface area contributed by atoms with Crippen LogP contribution in [0, 0.1) is 0 Å². The van der Waals surface area contributed by atoms with Crippen molar-refractivity contribution in [3.63, 3.8) is 0 Å². The molecule has 0 aromatic heterocycles. The van der Waals surface area contributed by atoms with E-state index in [0.717, 1.165) is 19.6 Å². The van der Waals surface area contributed by atoms with E-state index in [1.165, 1.54) is 24.6 Å². The van der Waals surface area contributed by atoms with Crippen LogP contribution in [-0.2, 0) is 0 Å². The van der Waals surface area contributed by atoms with Crippen molar-refractivity contribution >= 4 is 17.7 Å². The zero-order chi connectivity index (χ0) is 15.8. The Balaban J connectivity index is 1.61. The fraction of sp³-hybridized carbons (Fsp3) is 0.562. The average Bonchev–Trinajstić information content (AvgIpc) is 2.54. The predicted molar refractivity (Wildman–Crippen MR) is 90.2 cm³/mol. The van der Waals surface area contributed by atoms with E-state index in [9.17, 15) is 4.79 Å². The van der Waals surface area contributed by atoms with Crippen LogP contribution >= 0.6 is 11.8 Å². The van der Waals surface area contributed by atoms with E-state index >= 15 is 0 Å². The Morgan fingerprint density at radius 1 is 1.27 bits per heavy atom. The highest BCUT2D eigenvalue weighted by Crippen LogP contribution is 2.12. The molecule has 0 spiro atoms. The third kappa shape index (κ3) is 5.87. The Kier molecular flexibility index (Phi) is 7.02. The minimum atomic E-state index is -0.914. The van der Waals surface area contributed by atoms with Gasteiger partial charge in [-0.3, -0.25) is 0 Å². The maximum Gasteiger partial charge on any atom is 0.335 e. The number of carboxylic acid groups (broad SMARTS) is 1. The SMILES string of the molecule is CN(CCOc1ccc(C(=O)O)cc1)CCN1CCSCC1. The van der Waals surface area contributed by atoms with Crippen LogP contribution in [0.2, 0.25) is 0 Å². The van der Waals surface area contributed by atoms with Crippen molar-refractivity contribution < 1.29 is 14.6 Å². The Morgan fingerprint density at radius 3 is 2.59 bits per heavy atom. The molecule has 1 aliphatic rings. The van der Waals surface area contributed by atoms with Crippen molar-refractivity contribution in [3.8, 4) is 5.75 Å². The number of rotatable bonds is 8. The van der Waals surface area contributed by atoms with Gasteiger partial charge < -0.3 is 19.6 Å². The van der Waals surface area contributed by atoms with Crippen molar-refractivity contribution in [3.05, 3.63) is 29.8 Å².